The highest BCUT2D eigenvalue weighted by Gasteiger charge is 2.32. The summed E-state index contributed by atoms with van der Waals surface area (Å²) in [6.07, 6.45) is 1.52. The van der Waals surface area contributed by atoms with Gasteiger partial charge in [0, 0.05) is 30.7 Å². The molecule has 1 aromatic carbocycles. The topological polar surface area (TPSA) is 67.8 Å². The molecule has 1 aliphatic rings. The third-order valence-corrected chi connectivity index (χ3v) is 4.55. The number of halogens is 1. The van der Waals surface area contributed by atoms with Gasteiger partial charge in [0.2, 0.25) is 0 Å². The Morgan fingerprint density at radius 2 is 2.19 bits per heavy atom. The Balaban J connectivity index is 1.99. The number of carbonyl (C=O) groups is 1. The molecular weight excluding hydrogens is 338 g/mol. The molecule has 1 fully saturated rings. The standard InChI is InChI=1S/C15H20BrNO4/c1-20-13-3-2-11(8-12(13)16)14(19)17-9-15(10-18)4-6-21-7-5-15/h2-3,8,18H,4-7,9-10H2,1H3,(H,17,19). The van der Waals surface area contributed by atoms with Crippen LogP contribution in [0.5, 0.6) is 5.75 Å². The summed E-state index contributed by atoms with van der Waals surface area (Å²) in [6, 6.07) is 5.19. The zero-order chi connectivity index (χ0) is 15.3. The van der Waals surface area contributed by atoms with E-state index in [2.05, 4.69) is 21.2 Å². The number of aliphatic hydroxyl groups excluding tert-OH is 1. The third-order valence-electron chi connectivity index (χ3n) is 3.93. The molecular formula is C15H20BrNO4. The number of nitrogens with one attached hydrogen (secondary N) is 1. The van der Waals surface area contributed by atoms with Crippen LogP contribution in [-0.2, 0) is 4.74 Å². The molecule has 0 aromatic heterocycles. The number of hydrogen-bond acceptors (Lipinski definition) is 4. The van der Waals surface area contributed by atoms with E-state index < -0.39 is 0 Å². The van der Waals surface area contributed by atoms with Crippen molar-refractivity contribution >= 4 is 21.8 Å². The second-order valence-corrected chi connectivity index (χ2v) is 6.16. The van der Waals surface area contributed by atoms with Crippen molar-refractivity contribution in [2.24, 2.45) is 5.41 Å². The molecule has 6 heteroatoms. The van der Waals surface area contributed by atoms with Crippen LogP contribution in [0.3, 0.4) is 0 Å². The third kappa shape index (κ3) is 3.96. The predicted octanol–water partition coefficient (Wildman–Crippen LogP) is 1.98. The molecule has 1 amide bonds. The molecule has 0 aliphatic carbocycles. The van der Waals surface area contributed by atoms with Crippen LogP contribution >= 0.6 is 15.9 Å². The van der Waals surface area contributed by atoms with Crippen molar-refractivity contribution in [2.45, 2.75) is 12.8 Å². The van der Waals surface area contributed by atoms with Gasteiger partial charge in [0.15, 0.2) is 0 Å². The van der Waals surface area contributed by atoms with Gasteiger partial charge in [-0.3, -0.25) is 4.79 Å². The maximum atomic E-state index is 12.2. The monoisotopic (exact) mass is 357 g/mol. The number of aliphatic hydroxyl groups is 1. The molecule has 0 saturated carbocycles. The van der Waals surface area contributed by atoms with Crippen molar-refractivity contribution in [3.8, 4) is 5.75 Å². The van der Waals surface area contributed by atoms with Crippen LogP contribution in [0.2, 0.25) is 0 Å². The van der Waals surface area contributed by atoms with Gasteiger partial charge in [0.1, 0.15) is 5.75 Å². The van der Waals surface area contributed by atoms with Gasteiger partial charge in [-0.2, -0.15) is 0 Å². The zero-order valence-corrected chi connectivity index (χ0v) is 13.6. The predicted molar refractivity (Wildman–Crippen MR) is 82.6 cm³/mol. The van der Waals surface area contributed by atoms with E-state index in [4.69, 9.17) is 9.47 Å². The van der Waals surface area contributed by atoms with Crippen LogP contribution in [0.25, 0.3) is 0 Å². The van der Waals surface area contributed by atoms with E-state index in [1.807, 2.05) is 0 Å². The fourth-order valence-corrected chi connectivity index (χ4v) is 2.91. The van der Waals surface area contributed by atoms with Gasteiger partial charge in [-0.05, 0) is 47.0 Å². The van der Waals surface area contributed by atoms with E-state index in [0.29, 0.717) is 31.1 Å². The minimum atomic E-state index is -0.266. The summed E-state index contributed by atoms with van der Waals surface area (Å²) in [6.45, 7) is 1.77. The van der Waals surface area contributed by atoms with E-state index in [-0.39, 0.29) is 17.9 Å². The Morgan fingerprint density at radius 3 is 2.76 bits per heavy atom. The summed E-state index contributed by atoms with van der Waals surface area (Å²) in [5, 5.41) is 12.5. The summed E-state index contributed by atoms with van der Waals surface area (Å²) in [5.74, 6) is 0.528. The number of carbonyl (C=O) groups excluding carboxylic acids is 1. The molecule has 0 radical (unpaired) electrons. The maximum absolute atomic E-state index is 12.2. The largest absolute Gasteiger partial charge is 0.496 e. The molecule has 1 aliphatic heterocycles. The van der Waals surface area contributed by atoms with Crippen LogP contribution < -0.4 is 10.1 Å². The van der Waals surface area contributed by atoms with Crippen LogP contribution in [0.4, 0.5) is 0 Å². The summed E-state index contributed by atoms with van der Waals surface area (Å²) in [5.41, 5.74) is 0.292. The van der Waals surface area contributed by atoms with E-state index in [0.717, 1.165) is 17.3 Å². The van der Waals surface area contributed by atoms with Crippen molar-refractivity contribution in [1.29, 1.82) is 0 Å². The molecule has 0 bridgehead atoms. The Bertz CT molecular complexity index is 500. The first-order chi connectivity index (χ1) is 10.1. The molecule has 1 aromatic rings. The Hall–Kier alpha value is -1.11. The number of amides is 1. The van der Waals surface area contributed by atoms with Crippen molar-refractivity contribution in [2.75, 3.05) is 33.5 Å². The molecule has 0 unspecified atom stereocenters. The minimum absolute atomic E-state index is 0.0585. The minimum Gasteiger partial charge on any atom is -0.496 e. The summed E-state index contributed by atoms with van der Waals surface area (Å²) >= 11 is 3.37. The van der Waals surface area contributed by atoms with E-state index in [1.54, 1.807) is 25.3 Å². The van der Waals surface area contributed by atoms with Gasteiger partial charge >= 0.3 is 0 Å². The van der Waals surface area contributed by atoms with Crippen molar-refractivity contribution in [1.82, 2.24) is 5.32 Å². The Morgan fingerprint density at radius 1 is 1.48 bits per heavy atom. The Labute approximate surface area is 132 Å². The van der Waals surface area contributed by atoms with E-state index >= 15 is 0 Å². The molecule has 2 rings (SSSR count). The molecule has 0 atom stereocenters. The van der Waals surface area contributed by atoms with Gasteiger partial charge < -0.3 is 19.9 Å². The number of benzene rings is 1. The highest BCUT2D eigenvalue weighted by atomic mass is 79.9. The van der Waals surface area contributed by atoms with Crippen molar-refractivity contribution in [3.05, 3.63) is 28.2 Å². The molecule has 2 N–H and O–H groups in total. The quantitative estimate of drug-likeness (QED) is 0.845. The number of methoxy groups -OCH3 is 1. The Kier molecular flexibility index (Phi) is 5.61. The SMILES string of the molecule is COc1ccc(C(=O)NCC2(CO)CCOCC2)cc1Br. The van der Waals surface area contributed by atoms with Crippen molar-refractivity contribution in [3.63, 3.8) is 0 Å². The van der Waals surface area contributed by atoms with Crippen LogP contribution in [-0.4, -0.2) is 44.5 Å². The van der Waals surface area contributed by atoms with Crippen molar-refractivity contribution < 1.29 is 19.4 Å². The van der Waals surface area contributed by atoms with Gasteiger partial charge in [-0.15, -0.1) is 0 Å². The van der Waals surface area contributed by atoms with Gasteiger partial charge in [0.25, 0.3) is 5.91 Å². The smallest absolute Gasteiger partial charge is 0.251 e. The van der Waals surface area contributed by atoms with Gasteiger partial charge in [-0.1, -0.05) is 0 Å². The maximum Gasteiger partial charge on any atom is 0.251 e. The normalized spacial score (nSPS) is 17.3. The number of ether oxygens (including phenoxy) is 2. The van der Waals surface area contributed by atoms with Crippen LogP contribution in [0.15, 0.2) is 22.7 Å². The van der Waals surface area contributed by atoms with Gasteiger partial charge in [-0.25, -0.2) is 0 Å². The number of hydrogen-bond donors (Lipinski definition) is 2. The average Bonchev–Trinajstić information content (AvgIpc) is 2.53. The van der Waals surface area contributed by atoms with E-state index in [9.17, 15) is 9.90 Å². The summed E-state index contributed by atoms with van der Waals surface area (Å²) in [4.78, 5) is 12.2. The first kappa shape index (κ1) is 16.3. The highest BCUT2D eigenvalue weighted by Crippen LogP contribution is 2.29. The van der Waals surface area contributed by atoms with Crippen LogP contribution in [0, 0.1) is 5.41 Å². The fraction of sp³-hybridized carbons (Fsp3) is 0.533. The molecule has 1 saturated heterocycles. The fourth-order valence-electron chi connectivity index (χ4n) is 2.37. The lowest BCUT2D eigenvalue weighted by Gasteiger charge is -2.35. The van der Waals surface area contributed by atoms with Gasteiger partial charge in [0.05, 0.1) is 18.2 Å². The molecule has 1 heterocycles. The zero-order valence-electron chi connectivity index (χ0n) is 12.0. The average molecular weight is 358 g/mol. The molecule has 5 nitrogen and oxygen atoms in total. The molecule has 21 heavy (non-hydrogen) atoms. The molecule has 0 spiro atoms. The first-order valence-corrected chi connectivity index (χ1v) is 7.70. The second kappa shape index (κ2) is 7.24. The van der Waals surface area contributed by atoms with E-state index in [1.165, 1.54) is 0 Å². The molecule has 116 valence electrons. The second-order valence-electron chi connectivity index (χ2n) is 5.30. The first-order valence-electron chi connectivity index (χ1n) is 6.90. The van der Waals surface area contributed by atoms with Crippen LogP contribution in [0.1, 0.15) is 23.2 Å². The summed E-state index contributed by atoms with van der Waals surface area (Å²) in [7, 11) is 1.58. The lowest BCUT2D eigenvalue weighted by molar-refractivity contribution is -0.0146. The highest BCUT2D eigenvalue weighted by molar-refractivity contribution is 9.10. The lowest BCUT2D eigenvalue weighted by Crippen LogP contribution is -2.43. The lowest BCUT2D eigenvalue weighted by atomic mass is 9.81. The summed E-state index contributed by atoms with van der Waals surface area (Å²) < 4.78 is 11.2. The number of rotatable bonds is 5.